The number of thiazole rings is 1. The first-order valence-electron chi connectivity index (χ1n) is 4.99. The Balaban J connectivity index is 3.17. The summed E-state index contributed by atoms with van der Waals surface area (Å²) in [5, 5.41) is 0.984. The monoisotopic (exact) mass is 227 g/mol. The van der Waals surface area contributed by atoms with Crippen molar-refractivity contribution in [3.8, 4) is 0 Å². The maximum atomic E-state index is 11.5. The predicted molar refractivity (Wildman–Crippen MR) is 61.9 cm³/mol. The molecule has 84 valence electrons. The minimum Gasteiger partial charge on any atom is -0.289 e. The van der Waals surface area contributed by atoms with Gasteiger partial charge in [-0.25, -0.2) is 10.8 Å². The predicted octanol–water partition coefficient (Wildman–Crippen LogP) is 1.99. The molecule has 0 unspecified atom stereocenters. The van der Waals surface area contributed by atoms with Crippen molar-refractivity contribution in [1.29, 1.82) is 0 Å². The number of nitrogen functional groups attached to an aromatic ring is 1. The second kappa shape index (κ2) is 4.72. The van der Waals surface area contributed by atoms with E-state index in [1.54, 1.807) is 0 Å². The lowest BCUT2D eigenvalue weighted by atomic mass is 10.1. The number of hydrogen-bond acceptors (Lipinski definition) is 4. The number of carbonyl (C=O) groups is 1. The summed E-state index contributed by atoms with van der Waals surface area (Å²) in [5.41, 5.74) is 3.00. The van der Waals surface area contributed by atoms with E-state index in [0.29, 0.717) is 10.8 Å². The van der Waals surface area contributed by atoms with Crippen LogP contribution in [0.4, 0.5) is 0 Å². The molecule has 0 bridgehead atoms. The van der Waals surface area contributed by atoms with Crippen molar-refractivity contribution in [2.24, 2.45) is 5.84 Å². The van der Waals surface area contributed by atoms with Crippen LogP contribution < -0.4 is 11.3 Å². The molecule has 5 heteroatoms. The summed E-state index contributed by atoms with van der Waals surface area (Å²) < 4.78 is 0. The van der Waals surface area contributed by atoms with E-state index in [0.717, 1.165) is 10.7 Å². The van der Waals surface area contributed by atoms with Crippen molar-refractivity contribution >= 4 is 17.2 Å². The molecular weight excluding hydrogens is 210 g/mol. The van der Waals surface area contributed by atoms with Crippen molar-refractivity contribution < 1.29 is 4.79 Å². The molecular formula is C10H17N3OS. The number of amides is 1. The molecule has 0 aromatic carbocycles. The Morgan fingerprint density at radius 1 is 1.33 bits per heavy atom. The molecule has 0 aliphatic rings. The van der Waals surface area contributed by atoms with E-state index in [9.17, 15) is 4.79 Å². The lowest BCUT2D eigenvalue weighted by molar-refractivity contribution is 0.0956. The summed E-state index contributed by atoms with van der Waals surface area (Å²) in [7, 11) is 0. The van der Waals surface area contributed by atoms with E-state index in [4.69, 9.17) is 5.84 Å². The van der Waals surface area contributed by atoms with Gasteiger partial charge in [0.2, 0.25) is 0 Å². The summed E-state index contributed by atoms with van der Waals surface area (Å²) in [4.78, 5) is 16.6. The lowest BCUT2D eigenvalue weighted by Crippen LogP contribution is -2.30. The summed E-state index contributed by atoms with van der Waals surface area (Å²) in [6, 6.07) is 0. The van der Waals surface area contributed by atoms with Gasteiger partial charge in [-0.05, 0) is 5.92 Å². The van der Waals surface area contributed by atoms with Crippen molar-refractivity contribution in [3.63, 3.8) is 0 Å². The topological polar surface area (TPSA) is 68.0 Å². The first-order chi connectivity index (χ1) is 6.97. The summed E-state index contributed by atoms with van der Waals surface area (Å²) in [6.45, 7) is 8.17. The molecule has 4 nitrogen and oxygen atoms in total. The fourth-order valence-electron chi connectivity index (χ4n) is 1.22. The molecule has 1 heterocycles. The van der Waals surface area contributed by atoms with Crippen molar-refractivity contribution in [3.05, 3.63) is 15.6 Å². The second-order valence-electron chi connectivity index (χ2n) is 4.05. The highest BCUT2D eigenvalue weighted by atomic mass is 32.1. The van der Waals surface area contributed by atoms with Gasteiger partial charge in [0.25, 0.3) is 5.91 Å². The lowest BCUT2D eigenvalue weighted by Gasteiger charge is -2.03. The molecule has 0 aliphatic heterocycles. The van der Waals surface area contributed by atoms with Crippen LogP contribution in [0.15, 0.2) is 0 Å². The van der Waals surface area contributed by atoms with Crippen LogP contribution in [0.3, 0.4) is 0 Å². The third-order valence-electron chi connectivity index (χ3n) is 2.05. The standard InChI is InChI=1S/C10H17N3OS/c1-5(2)7-8(9(14)13-11)15-10(12-7)6(3)4/h5-6H,11H2,1-4H3,(H,13,14). The van der Waals surface area contributed by atoms with E-state index in [1.807, 2.05) is 13.8 Å². The number of hydrazine groups is 1. The molecule has 1 rings (SSSR count). The second-order valence-corrected chi connectivity index (χ2v) is 5.08. The zero-order valence-corrected chi connectivity index (χ0v) is 10.3. The Kier molecular flexibility index (Phi) is 3.82. The van der Waals surface area contributed by atoms with Gasteiger partial charge in [-0.15, -0.1) is 11.3 Å². The molecule has 0 atom stereocenters. The first-order valence-corrected chi connectivity index (χ1v) is 5.80. The normalized spacial score (nSPS) is 11.1. The van der Waals surface area contributed by atoms with Crippen molar-refractivity contribution in [2.45, 2.75) is 39.5 Å². The highest BCUT2D eigenvalue weighted by Crippen LogP contribution is 2.29. The highest BCUT2D eigenvalue weighted by Gasteiger charge is 2.20. The van der Waals surface area contributed by atoms with Crippen LogP contribution in [0, 0.1) is 0 Å². The van der Waals surface area contributed by atoms with E-state index in [-0.39, 0.29) is 11.8 Å². The van der Waals surface area contributed by atoms with Crippen LogP contribution in [0.5, 0.6) is 0 Å². The van der Waals surface area contributed by atoms with E-state index in [2.05, 4.69) is 24.3 Å². The molecule has 0 spiro atoms. The Hall–Kier alpha value is -0.940. The van der Waals surface area contributed by atoms with E-state index in [1.165, 1.54) is 11.3 Å². The van der Waals surface area contributed by atoms with Crippen molar-refractivity contribution in [2.75, 3.05) is 0 Å². The van der Waals surface area contributed by atoms with E-state index >= 15 is 0 Å². The van der Waals surface area contributed by atoms with Crippen LogP contribution in [0.1, 0.15) is 59.9 Å². The van der Waals surface area contributed by atoms with Gasteiger partial charge >= 0.3 is 0 Å². The number of rotatable bonds is 3. The summed E-state index contributed by atoms with van der Waals surface area (Å²) >= 11 is 1.43. The third kappa shape index (κ3) is 2.54. The third-order valence-corrected chi connectivity index (χ3v) is 3.42. The maximum absolute atomic E-state index is 11.5. The average Bonchev–Trinajstić information content (AvgIpc) is 2.61. The van der Waals surface area contributed by atoms with Crippen LogP contribution in [0.25, 0.3) is 0 Å². The molecule has 0 radical (unpaired) electrons. The molecule has 0 saturated carbocycles. The number of carbonyl (C=O) groups excluding carboxylic acids is 1. The zero-order chi connectivity index (χ0) is 11.6. The maximum Gasteiger partial charge on any atom is 0.277 e. The van der Waals surface area contributed by atoms with Gasteiger partial charge in [-0.3, -0.25) is 10.2 Å². The summed E-state index contributed by atoms with van der Waals surface area (Å²) in [5.74, 6) is 5.47. The van der Waals surface area contributed by atoms with Gasteiger partial charge in [0.1, 0.15) is 4.88 Å². The van der Waals surface area contributed by atoms with Gasteiger partial charge in [0.05, 0.1) is 10.7 Å². The van der Waals surface area contributed by atoms with E-state index < -0.39 is 0 Å². The Morgan fingerprint density at radius 3 is 2.33 bits per heavy atom. The minimum atomic E-state index is -0.247. The molecule has 15 heavy (non-hydrogen) atoms. The van der Waals surface area contributed by atoms with Crippen molar-refractivity contribution in [1.82, 2.24) is 10.4 Å². The number of nitrogens with zero attached hydrogens (tertiary/aromatic N) is 1. The fraction of sp³-hybridized carbons (Fsp3) is 0.600. The molecule has 1 amide bonds. The van der Waals surface area contributed by atoms with Crippen LogP contribution in [0.2, 0.25) is 0 Å². The van der Waals surface area contributed by atoms with Gasteiger partial charge in [-0.2, -0.15) is 0 Å². The Labute approximate surface area is 93.9 Å². The van der Waals surface area contributed by atoms with Crippen LogP contribution in [-0.2, 0) is 0 Å². The number of nitrogens with two attached hydrogens (primary N) is 1. The molecule has 0 aliphatic carbocycles. The molecule has 0 fully saturated rings. The van der Waals surface area contributed by atoms with Gasteiger partial charge in [0, 0.05) is 5.92 Å². The minimum absolute atomic E-state index is 0.237. The number of hydrogen-bond donors (Lipinski definition) is 2. The smallest absolute Gasteiger partial charge is 0.277 e. The Morgan fingerprint density at radius 2 is 1.93 bits per heavy atom. The van der Waals surface area contributed by atoms with Gasteiger partial charge in [0.15, 0.2) is 0 Å². The quantitative estimate of drug-likeness (QED) is 0.471. The van der Waals surface area contributed by atoms with Crippen LogP contribution >= 0.6 is 11.3 Å². The SMILES string of the molecule is CC(C)c1nc(C(C)C)c(C(=O)NN)s1. The average molecular weight is 227 g/mol. The van der Waals surface area contributed by atoms with Crippen LogP contribution in [-0.4, -0.2) is 10.9 Å². The largest absolute Gasteiger partial charge is 0.289 e. The molecule has 0 saturated heterocycles. The number of nitrogens with one attached hydrogen (secondary N) is 1. The molecule has 1 aromatic rings. The zero-order valence-electron chi connectivity index (χ0n) is 9.50. The first kappa shape index (κ1) is 12.1. The number of aromatic nitrogens is 1. The molecule has 3 N–H and O–H groups in total. The highest BCUT2D eigenvalue weighted by molar-refractivity contribution is 7.13. The van der Waals surface area contributed by atoms with Gasteiger partial charge in [-0.1, -0.05) is 27.7 Å². The van der Waals surface area contributed by atoms with Gasteiger partial charge < -0.3 is 0 Å². The Bertz CT molecular complexity index is 358. The summed E-state index contributed by atoms with van der Waals surface area (Å²) in [6.07, 6.45) is 0. The molecule has 1 aromatic heterocycles. The fourth-order valence-corrected chi connectivity index (χ4v) is 2.34.